The second-order valence-corrected chi connectivity index (χ2v) is 6.52. The minimum absolute atomic E-state index is 0.574. The molecule has 1 atom stereocenters. The molecule has 2 heteroatoms. The summed E-state index contributed by atoms with van der Waals surface area (Å²) in [6, 6.07) is 0. The van der Waals surface area contributed by atoms with Crippen LogP contribution in [0.1, 0.15) is 40.5 Å². The highest BCUT2D eigenvalue weighted by Gasteiger charge is 2.26. The summed E-state index contributed by atoms with van der Waals surface area (Å²) in [6.45, 7) is 13.2. The molecule has 1 nitrogen and oxygen atoms in total. The molecule has 0 N–H and O–H groups in total. The standard InChI is InChI=1S/C13H27NS/c1-11(2)12(10-15)9-14-7-5-13(3,4)6-8-14/h11-12,15H,5-10H2,1-4H3. The molecule has 1 aliphatic rings. The summed E-state index contributed by atoms with van der Waals surface area (Å²) in [6.07, 6.45) is 2.70. The second-order valence-electron chi connectivity index (χ2n) is 6.15. The first-order valence-electron chi connectivity index (χ1n) is 6.28. The van der Waals surface area contributed by atoms with Gasteiger partial charge in [0, 0.05) is 6.54 Å². The molecule has 1 aliphatic heterocycles. The van der Waals surface area contributed by atoms with Gasteiger partial charge in [-0.15, -0.1) is 0 Å². The summed E-state index contributed by atoms with van der Waals surface area (Å²) in [5.41, 5.74) is 0.574. The Hall–Kier alpha value is 0.310. The van der Waals surface area contributed by atoms with Crippen molar-refractivity contribution < 1.29 is 0 Å². The summed E-state index contributed by atoms with van der Waals surface area (Å²) in [5, 5.41) is 0. The first kappa shape index (κ1) is 13.4. The van der Waals surface area contributed by atoms with Gasteiger partial charge in [0.15, 0.2) is 0 Å². The van der Waals surface area contributed by atoms with E-state index in [9.17, 15) is 0 Å². The fraction of sp³-hybridized carbons (Fsp3) is 1.00. The van der Waals surface area contributed by atoms with E-state index in [4.69, 9.17) is 0 Å². The second kappa shape index (κ2) is 5.58. The highest BCUT2D eigenvalue weighted by atomic mass is 32.1. The van der Waals surface area contributed by atoms with E-state index in [0.717, 1.165) is 17.6 Å². The average molecular weight is 229 g/mol. The molecule has 1 rings (SSSR count). The van der Waals surface area contributed by atoms with Crippen LogP contribution in [-0.2, 0) is 0 Å². The zero-order valence-corrected chi connectivity index (χ0v) is 11.7. The van der Waals surface area contributed by atoms with E-state index in [1.807, 2.05) is 0 Å². The molecule has 0 amide bonds. The van der Waals surface area contributed by atoms with Crippen LogP contribution in [0.5, 0.6) is 0 Å². The lowest BCUT2D eigenvalue weighted by Gasteiger charge is -2.38. The van der Waals surface area contributed by atoms with Crippen molar-refractivity contribution in [3.05, 3.63) is 0 Å². The SMILES string of the molecule is CC(C)C(CS)CN1CCC(C)(C)CC1. The molecule has 1 heterocycles. The van der Waals surface area contributed by atoms with E-state index in [-0.39, 0.29) is 0 Å². The van der Waals surface area contributed by atoms with Crippen molar-refractivity contribution in [2.75, 3.05) is 25.4 Å². The summed E-state index contributed by atoms with van der Waals surface area (Å²) < 4.78 is 0. The first-order valence-corrected chi connectivity index (χ1v) is 6.91. The van der Waals surface area contributed by atoms with Crippen molar-refractivity contribution in [3.63, 3.8) is 0 Å². The van der Waals surface area contributed by atoms with Crippen LogP contribution in [0.3, 0.4) is 0 Å². The molecule has 0 aromatic heterocycles. The third kappa shape index (κ3) is 4.36. The van der Waals surface area contributed by atoms with Gasteiger partial charge in [0.2, 0.25) is 0 Å². The largest absolute Gasteiger partial charge is 0.303 e. The van der Waals surface area contributed by atoms with Gasteiger partial charge in [0.05, 0.1) is 0 Å². The van der Waals surface area contributed by atoms with E-state index in [1.54, 1.807) is 0 Å². The topological polar surface area (TPSA) is 3.24 Å². The zero-order chi connectivity index (χ0) is 11.5. The lowest BCUT2D eigenvalue weighted by atomic mass is 9.82. The van der Waals surface area contributed by atoms with Crippen molar-refractivity contribution in [1.29, 1.82) is 0 Å². The number of thiol groups is 1. The van der Waals surface area contributed by atoms with Crippen LogP contribution in [0.2, 0.25) is 0 Å². The number of hydrogen-bond donors (Lipinski definition) is 1. The molecule has 15 heavy (non-hydrogen) atoms. The molecule has 0 aromatic carbocycles. The quantitative estimate of drug-likeness (QED) is 0.724. The van der Waals surface area contributed by atoms with Gasteiger partial charge >= 0.3 is 0 Å². The Morgan fingerprint density at radius 2 is 1.73 bits per heavy atom. The molecule has 0 bridgehead atoms. The average Bonchev–Trinajstić information content (AvgIpc) is 2.15. The van der Waals surface area contributed by atoms with Crippen LogP contribution in [0, 0.1) is 17.3 Å². The minimum atomic E-state index is 0.574. The molecule has 0 aliphatic carbocycles. The predicted molar refractivity (Wildman–Crippen MR) is 71.6 cm³/mol. The van der Waals surface area contributed by atoms with E-state index in [1.165, 1.54) is 32.5 Å². The van der Waals surface area contributed by atoms with Crippen LogP contribution in [0.15, 0.2) is 0 Å². The van der Waals surface area contributed by atoms with Gasteiger partial charge in [-0.2, -0.15) is 12.6 Å². The highest BCUT2D eigenvalue weighted by Crippen LogP contribution is 2.30. The smallest absolute Gasteiger partial charge is 0.00199 e. The lowest BCUT2D eigenvalue weighted by Crippen LogP contribution is -2.41. The number of nitrogens with zero attached hydrogens (tertiary/aromatic N) is 1. The fourth-order valence-electron chi connectivity index (χ4n) is 2.15. The third-order valence-electron chi connectivity index (χ3n) is 3.88. The van der Waals surface area contributed by atoms with Crippen molar-refractivity contribution in [2.24, 2.45) is 17.3 Å². The maximum atomic E-state index is 4.46. The van der Waals surface area contributed by atoms with Gasteiger partial charge in [0.25, 0.3) is 0 Å². The van der Waals surface area contributed by atoms with Gasteiger partial charge in [-0.1, -0.05) is 27.7 Å². The molecular formula is C13H27NS. The Kier molecular flexibility index (Phi) is 4.98. The molecular weight excluding hydrogens is 202 g/mol. The van der Waals surface area contributed by atoms with Gasteiger partial charge in [-0.3, -0.25) is 0 Å². The van der Waals surface area contributed by atoms with E-state index < -0.39 is 0 Å². The van der Waals surface area contributed by atoms with Crippen molar-refractivity contribution >= 4 is 12.6 Å². The normalized spacial score (nSPS) is 24.4. The predicted octanol–water partition coefficient (Wildman–Crippen LogP) is 3.31. The number of rotatable bonds is 4. The minimum Gasteiger partial charge on any atom is -0.303 e. The Morgan fingerprint density at radius 3 is 2.13 bits per heavy atom. The zero-order valence-electron chi connectivity index (χ0n) is 10.8. The van der Waals surface area contributed by atoms with E-state index in [0.29, 0.717) is 5.41 Å². The monoisotopic (exact) mass is 229 g/mol. The van der Waals surface area contributed by atoms with Gasteiger partial charge < -0.3 is 4.90 Å². The van der Waals surface area contributed by atoms with Crippen LogP contribution < -0.4 is 0 Å². The molecule has 0 radical (unpaired) electrons. The van der Waals surface area contributed by atoms with Crippen LogP contribution >= 0.6 is 12.6 Å². The number of piperidine rings is 1. The Morgan fingerprint density at radius 1 is 1.20 bits per heavy atom. The maximum Gasteiger partial charge on any atom is 0.00199 e. The highest BCUT2D eigenvalue weighted by molar-refractivity contribution is 7.80. The summed E-state index contributed by atoms with van der Waals surface area (Å²) in [7, 11) is 0. The molecule has 0 aromatic rings. The molecule has 1 fully saturated rings. The number of hydrogen-bond acceptors (Lipinski definition) is 2. The lowest BCUT2D eigenvalue weighted by molar-refractivity contribution is 0.112. The summed E-state index contributed by atoms with van der Waals surface area (Å²) in [5.74, 6) is 2.55. The van der Waals surface area contributed by atoms with Gasteiger partial charge in [-0.05, 0) is 48.9 Å². The van der Waals surface area contributed by atoms with Crippen LogP contribution in [-0.4, -0.2) is 30.3 Å². The van der Waals surface area contributed by atoms with Crippen molar-refractivity contribution in [1.82, 2.24) is 4.90 Å². The third-order valence-corrected chi connectivity index (χ3v) is 4.35. The molecule has 1 saturated heterocycles. The Labute approximate surface area is 101 Å². The molecule has 0 saturated carbocycles. The Balaban J connectivity index is 2.34. The summed E-state index contributed by atoms with van der Waals surface area (Å²) in [4.78, 5) is 2.63. The van der Waals surface area contributed by atoms with Crippen molar-refractivity contribution in [3.8, 4) is 0 Å². The van der Waals surface area contributed by atoms with Crippen LogP contribution in [0.4, 0.5) is 0 Å². The first-order chi connectivity index (χ1) is 6.94. The summed E-state index contributed by atoms with van der Waals surface area (Å²) >= 11 is 4.46. The number of likely N-dealkylation sites (tertiary alicyclic amines) is 1. The molecule has 1 unspecified atom stereocenters. The maximum absolute atomic E-state index is 4.46. The van der Waals surface area contributed by atoms with E-state index in [2.05, 4.69) is 45.2 Å². The van der Waals surface area contributed by atoms with Crippen molar-refractivity contribution in [2.45, 2.75) is 40.5 Å². The molecule has 0 spiro atoms. The van der Waals surface area contributed by atoms with Gasteiger partial charge in [-0.25, -0.2) is 0 Å². The molecule has 90 valence electrons. The van der Waals surface area contributed by atoms with E-state index >= 15 is 0 Å². The van der Waals surface area contributed by atoms with Crippen LogP contribution in [0.25, 0.3) is 0 Å². The fourth-order valence-corrected chi connectivity index (χ4v) is 2.69. The Bertz CT molecular complexity index is 179. The van der Waals surface area contributed by atoms with Gasteiger partial charge in [0.1, 0.15) is 0 Å².